The van der Waals surface area contributed by atoms with Gasteiger partial charge in [0.2, 0.25) is 0 Å². The van der Waals surface area contributed by atoms with E-state index >= 15 is 0 Å². The van der Waals surface area contributed by atoms with Crippen molar-refractivity contribution >= 4 is 23.8 Å². The van der Waals surface area contributed by atoms with E-state index in [1.54, 1.807) is 6.07 Å². The van der Waals surface area contributed by atoms with Crippen LogP contribution in [-0.4, -0.2) is 9.97 Å². The van der Waals surface area contributed by atoms with Crippen LogP contribution in [0.4, 0.5) is 4.39 Å². The van der Waals surface area contributed by atoms with Gasteiger partial charge in [0.1, 0.15) is 10.5 Å². The minimum atomic E-state index is -0.362. The van der Waals surface area contributed by atoms with Crippen LogP contribution in [-0.2, 0) is 0 Å². The number of rotatable bonds is 1. The molecule has 0 unspecified atom stereocenters. The third kappa shape index (κ3) is 1.99. The average molecular weight is 255 g/mol. The molecule has 0 aliphatic carbocycles. The first-order valence-corrected chi connectivity index (χ1v) is 5.38. The highest BCUT2D eigenvalue weighted by molar-refractivity contribution is 7.71. The average Bonchev–Trinajstić information content (AvgIpc) is 2.23. The first-order chi connectivity index (χ1) is 7.59. The second kappa shape index (κ2) is 4.31. The zero-order valence-corrected chi connectivity index (χ0v) is 9.99. The molecule has 1 heterocycles. The van der Waals surface area contributed by atoms with E-state index in [0.29, 0.717) is 15.2 Å². The Morgan fingerprint density at radius 1 is 1.44 bits per heavy atom. The van der Waals surface area contributed by atoms with E-state index in [0.717, 1.165) is 11.3 Å². The second-order valence-electron chi connectivity index (χ2n) is 3.33. The van der Waals surface area contributed by atoms with Crippen molar-refractivity contribution in [3.05, 3.63) is 45.6 Å². The monoisotopic (exact) mass is 254 g/mol. The quantitative estimate of drug-likeness (QED) is 0.782. The molecule has 0 bridgehead atoms. The van der Waals surface area contributed by atoms with Gasteiger partial charge >= 0.3 is 0 Å². The van der Waals surface area contributed by atoms with Gasteiger partial charge in [-0.25, -0.2) is 9.37 Å². The summed E-state index contributed by atoms with van der Waals surface area (Å²) in [6.07, 6.45) is 1.50. The molecule has 0 radical (unpaired) electrons. The molecular formula is C11H8ClFN2S. The first-order valence-electron chi connectivity index (χ1n) is 4.59. The molecule has 0 aliphatic rings. The Labute approximate surface area is 102 Å². The smallest absolute Gasteiger partial charge is 0.132 e. The van der Waals surface area contributed by atoms with E-state index in [2.05, 4.69) is 9.97 Å². The number of nitrogens with one attached hydrogen (secondary N) is 1. The van der Waals surface area contributed by atoms with Gasteiger partial charge in [-0.1, -0.05) is 23.8 Å². The standard InChI is InChI=1S/C11H8ClFN2S/c1-6-10(14-5-15-11(6)16)8-3-2-7(13)4-9(8)12/h2-5H,1H3,(H,14,15,16). The zero-order chi connectivity index (χ0) is 11.7. The normalized spacial score (nSPS) is 10.4. The largest absolute Gasteiger partial charge is 0.345 e. The molecule has 0 spiro atoms. The molecule has 0 saturated carbocycles. The number of hydrogen-bond acceptors (Lipinski definition) is 2. The Bertz CT molecular complexity index is 595. The molecule has 82 valence electrons. The molecule has 1 aromatic heterocycles. The lowest BCUT2D eigenvalue weighted by Gasteiger charge is -2.07. The van der Waals surface area contributed by atoms with Crippen molar-refractivity contribution in [2.45, 2.75) is 6.92 Å². The van der Waals surface area contributed by atoms with Crippen LogP contribution in [0.2, 0.25) is 5.02 Å². The fourth-order valence-electron chi connectivity index (χ4n) is 1.44. The Balaban J connectivity index is 2.68. The molecule has 2 rings (SSSR count). The van der Waals surface area contributed by atoms with E-state index in [9.17, 15) is 4.39 Å². The van der Waals surface area contributed by atoms with Gasteiger partial charge in [-0.3, -0.25) is 0 Å². The van der Waals surface area contributed by atoms with Gasteiger partial charge < -0.3 is 4.98 Å². The summed E-state index contributed by atoms with van der Waals surface area (Å²) >= 11 is 11.0. The van der Waals surface area contributed by atoms with Crippen LogP contribution < -0.4 is 0 Å². The Hall–Kier alpha value is -1.26. The highest BCUT2D eigenvalue weighted by Gasteiger charge is 2.08. The summed E-state index contributed by atoms with van der Waals surface area (Å²) < 4.78 is 13.4. The molecule has 0 aliphatic heterocycles. The van der Waals surface area contributed by atoms with Crippen molar-refractivity contribution in [1.29, 1.82) is 0 Å². The van der Waals surface area contributed by atoms with E-state index in [1.807, 2.05) is 6.92 Å². The Morgan fingerprint density at radius 2 is 2.19 bits per heavy atom. The van der Waals surface area contributed by atoms with Crippen molar-refractivity contribution in [3.63, 3.8) is 0 Å². The van der Waals surface area contributed by atoms with Crippen molar-refractivity contribution in [1.82, 2.24) is 9.97 Å². The minimum Gasteiger partial charge on any atom is -0.345 e. The van der Waals surface area contributed by atoms with Crippen molar-refractivity contribution in [3.8, 4) is 11.3 Å². The SMILES string of the molecule is Cc1c(-c2ccc(F)cc2Cl)[nH]cnc1=S. The lowest BCUT2D eigenvalue weighted by atomic mass is 10.1. The maximum Gasteiger partial charge on any atom is 0.132 e. The summed E-state index contributed by atoms with van der Waals surface area (Å²) in [5, 5.41) is 0.347. The van der Waals surface area contributed by atoms with Crippen molar-refractivity contribution in [2.75, 3.05) is 0 Å². The predicted molar refractivity (Wildman–Crippen MR) is 64.6 cm³/mol. The molecule has 2 aromatic rings. The second-order valence-corrected chi connectivity index (χ2v) is 4.13. The van der Waals surface area contributed by atoms with Crippen LogP contribution in [0, 0.1) is 17.4 Å². The lowest BCUT2D eigenvalue weighted by Crippen LogP contribution is -1.92. The van der Waals surface area contributed by atoms with Gasteiger partial charge in [-0.2, -0.15) is 0 Å². The van der Waals surface area contributed by atoms with E-state index in [-0.39, 0.29) is 5.82 Å². The highest BCUT2D eigenvalue weighted by Crippen LogP contribution is 2.28. The maximum atomic E-state index is 12.9. The molecule has 5 heteroatoms. The van der Waals surface area contributed by atoms with Crippen LogP contribution in [0.3, 0.4) is 0 Å². The summed E-state index contributed by atoms with van der Waals surface area (Å²) in [4.78, 5) is 6.92. The number of aromatic nitrogens is 2. The van der Waals surface area contributed by atoms with Crippen LogP contribution in [0.15, 0.2) is 24.5 Å². The van der Waals surface area contributed by atoms with Gasteiger partial charge in [0, 0.05) is 11.1 Å². The molecule has 16 heavy (non-hydrogen) atoms. The summed E-state index contributed by atoms with van der Waals surface area (Å²) in [5.41, 5.74) is 2.31. The summed E-state index contributed by atoms with van der Waals surface area (Å²) in [6.45, 7) is 1.85. The molecule has 0 atom stereocenters. The van der Waals surface area contributed by atoms with Crippen molar-refractivity contribution < 1.29 is 4.39 Å². The van der Waals surface area contributed by atoms with Gasteiger partial charge in [-0.15, -0.1) is 0 Å². The van der Waals surface area contributed by atoms with E-state index in [1.165, 1.54) is 18.5 Å². The summed E-state index contributed by atoms with van der Waals surface area (Å²) in [5.74, 6) is -0.362. The van der Waals surface area contributed by atoms with E-state index < -0.39 is 0 Å². The van der Waals surface area contributed by atoms with Crippen LogP contribution in [0.1, 0.15) is 5.56 Å². The first kappa shape index (κ1) is 11.2. The number of hydrogen-bond donors (Lipinski definition) is 1. The van der Waals surface area contributed by atoms with Gasteiger partial charge in [0.15, 0.2) is 0 Å². The summed E-state index contributed by atoms with van der Waals surface area (Å²) in [7, 11) is 0. The fraction of sp³-hybridized carbons (Fsp3) is 0.0909. The molecule has 0 fully saturated rings. The zero-order valence-electron chi connectivity index (χ0n) is 8.42. The van der Waals surface area contributed by atoms with Gasteiger partial charge in [0.05, 0.1) is 17.0 Å². The van der Waals surface area contributed by atoms with Gasteiger partial charge in [-0.05, 0) is 25.1 Å². The van der Waals surface area contributed by atoms with Crippen LogP contribution in [0.5, 0.6) is 0 Å². The van der Waals surface area contributed by atoms with E-state index in [4.69, 9.17) is 23.8 Å². The topological polar surface area (TPSA) is 28.7 Å². The molecule has 2 nitrogen and oxygen atoms in total. The van der Waals surface area contributed by atoms with Gasteiger partial charge in [0.25, 0.3) is 0 Å². The number of halogens is 2. The number of H-pyrrole nitrogens is 1. The van der Waals surface area contributed by atoms with Crippen LogP contribution >= 0.6 is 23.8 Å². The number of nitrogens with zero attached hydrogens (tertiary/aromatic N) is 1. The van der Waals surface area contributed by atoms with Crippen LogP contribution in [0.25, 0.3) is 11.3 Å². The molecular weight excluding hydrogens is 247 g/mol. The van der Waals surface area contributed by atoms with Crippen molar-refractivity contribution in [2.24, 2.45) is 0 Å². The predicted octanol–water partition coefficient (Wildman–Crippen LogP) is 3.91. The third-order valence-electron chi connectivity index (χ3n) is 2.29. The molecule has 0 saturated heterocycles. The number of aromatic amines is 1. The third-order valence-corrected chi connectivity index (χ3v) is 3.01. The maximum absolute atomic E-state index is 12.9. The Morgan fingerprint density at radius 3 is 2.88 bits per heavy atom. The summed E-state index contributed by atoms with van der Waals surface area (Å²) in [6, 6.07) is 4.25. The molecule has 1 aromatic carbocycles. The lowest BCUT2D eigenvalue weighted by molar-refractivity contribution is 0.628. The Kier molecular flexibility index (Phi) is 3.03. The highest BCUT2D eigenvalue weighted by atomic mass is 35.5. The molecule has 1 N–H and O–H groups in total. The molecule has 0 amide bonds. The fourth-order valence-corrected chi connectivity index (χ4v) is 1.86. The number of benzene rings is 1. The minimum absolute atomic E-state index is 0.347.